The molecule has 0 rings (SSSR count). The van der Waals surface area contributed by atoms with E-state index in [1.807, 2.05) is 13.8 Å². The maximum absolute atomic E-state index is 11.7. The first kappa shape index (κ1) is 11.8. The van der Waals surface area contributed by atoms with Crippen LogP contribution in [0.4, 0.5) is 13.2 Å². The van der Waals surface area contributed by atoms with Crippen LogP contribution in [0.5, 0.6) is 0 Å². The normalized spacial score (nSPS) is 17.5. The summed E-state index contributed by atoms with van der Waals surface area (Å²) in [5, 5.41) is 2.45. The summed E-state index contributed by atoms with van der Waals surface area (Å²) < 4.78 is 35.2. The van der Waals surface area contributed by atoms with Crippen LogP contribution < -0.4 is 5.32 Å². The van der Waals surface area contributed by atoms with Crippen molar-refractivity contribution in [3.05, 3.63) is 0 Å². The summed E-state index contributed by atoms with van der Waals surface area (Å²) in [6, 6.07) is -0.0726. The highest BCUT2D eigenvalue weighted by Gasteiger charge is 2.27. The van der Waals surface area contributed by atoms with E-state index in [4.69, 9.17) is 0 Å². The molecule has 0 heterocycles. The highest BCUT2D eigenvalue weighted by molar-refractivity contribution is 4.68. The van der Waals surface area contributed by atoms with Gasteiger partial charge in [0.1, 0.15) is 0 Å². The van der Waals surface area contributed by atoms with Gasteiger partial charge in [0.15, 0.2) is 0 Å². The number of hydrogen-bond acceptors (Lipinski definition) is 1. The van der Waals surface area contributed by atoms with Gasteiger partial charge >= 0.3 is 6.18 Å². The van der Waals surface area contributed by atoms with Crippen LogP contribution in [-0.2, 0) is 0 Å². The maximum Gasteiger partial charge on any atom is 0.401 e. The Morgan fingerprint density at radius 3 is 2.08 bits per heavy atom. The van der Waals surface area contributed by atoms with Gasteiger partial charge in [-0.2, -0.15) is 13.2 Å². The molecule has 0 unspecified atom stereocenters. The Morgan fingerprint density at radius 1 is 1.25 bits per heavy atom. The molecule has 0 aromatic rings. The zero-order chi connectivity index (χ0) is 9.78. The average molecular weight is 183 g/mol. The third-order valence-electron chi connectivity index (χ3n) is 2.12. The molecule has 12 heavy (non-hydrogen) atoms. The van der Waals surface area contributed by atoms with Crippen molar-refractivity contribution in [1.29, 1.82) is 0 Å². The van der Waals surface area contributed by atoms with Gasteiger partial charge < -0.3 is 5.32 Å². The number of hydrogen-bond donors (Lipinski definition) is 1. The van der Waals surface area contributed by atoms with Crippen LogP contribution in [0.2, 0.25) is 0 Å². The Kier molecular flexibility index (Phi) is 4.60. The summed E-state index contributed by atoms with van der Waals surface area (Å²) in [6.45, 7) is 4.79. The number of halogens is 3. The van der Waals surface area contributed by atoms with Crippen LogP contribution in [-0.4, -0.2) is 18.8 Å². The van der Waals surface area contributed by atoms with E-state index in [-0.39, 0.29) is 12.0 Å². The van der Waals surface area contributed by atoms with Gasteiger partial charge in [0.2, 0.25) is 0 Å². The molecule has 0 saturated heterocycles. The van der Waals surface area contributed by atoms with Gasteiger partial charge in [0.25, 0.3) is 0 Å². The van der Waals surface area contributed by atoms with Gasteiger partial charge in [0, 0.05) is 6.04 Å². The van der Waals surface area contributed by atoms with Crippen LogP contribution >= 0.6 is 0 Å². The van der Waals surface area contributed by atoms with Gasteiger partial charge in [-0.1, -0.05) is 20.3 Å². The predicted molar refractivity (Wildman–Crippen MR) is 43.0 cm³/mol. The SMILES string of the molecule is CC[C@H](C)[C@H](C)NCC(F)(F)F. The van der Waals surface area contributed by atoms with E-state index in [0.717, 1.165) is 6.42 Å². The molecule has 74 valence electrons. The highest BCUT2D eigenvalue weighted by Crippen LogP contribution is 2.14. The molecule has 0 fully saturated rings. The lowest BCUT2D eigenvalue weighted by Crippen LogP contribution is -2.38. The predicted octanol–water partition coefficient (Wildman–Crippen LogP) is 2.57. The minimum absolute atomic E-state index is 0.0726. The van der Waals surface area contributed by atoms with Crippen molar-refractivity contribution in [2.75, 3.05) is 6.54 Å². The standard InChI is InChI=1S/C8H16F3N/c1-4-6(2)7(3)12-5-8(9,10)11/h6-7,12H,4-5H2,1-3H3/t6-,7-/m0/s1. The Hall–Kier alpha value is -0.250. The molecule has 0 amide bonds. The smallest absolute Gasteiger partial charge is 0.306 e. The lowest BCUT2D eigenvalue weighted by molar-refractivity contribution is -0.126. The molecule has 4 heteroatoms. The van der Waals surface area contributed by atoms with E-state index >= 15 is 0 Å². The van der Waals surface area contributed by atoms with Crippen LogP contribution in [0.1, 0.15) is 27.2 Å². The van der Waals surface area contributed by atoms with E-state index in [2.05, 4.69) is 5.32 Å². The maximum atomic E-state index is 11.7. The van der Waals surface area contributed by atoms with E-state index in [1.54, 1.807) is 6.92 Å². The Labute approximate surface area is 71.3 Å². The lowest BCUT2D eigenvalue weighted by Gasteiger charge is -2.20. The molecule has 1 N–H and O–H groups in total. The summed E-state index contributed by atoms with van der Waals surface area (Å²) in [6.07, 6.45) is -3.20. The second kappa shape index (κ2) is 4.70. The lowest BCUT2D eigenvalue weighted by atomic mass is 10.0. The minimum atomic E-state index is -4.10. The summed E-state index contributed by atoms with van der Waals surface area (Å²) in [5.74, 6) is 0.285. The monoisotopic (exact) mass is 183 g/mol. The van der Waals surface area contributed by atoms with Crippen molar-refractivity contribution in [1.82, 2.24) is 5.32 Å². The molecule has 0 aromatic heterocycles. The fraction of sp³-hybridized carbons (Fsp3) is 1.00. The molecule has 1 nitrogen and oxygen atoms in total. The van der Waals surface area contributed by atoms with Crippen LogP contribution in [0.15, 0.2) is 0 Å². The molecular weight excluding hydrogens is 167 g/mol. The number of alkyl halides is 3. The van der Waals surface area contributed by atoms with E-state index < -0.39 is 12.7 Å². The largest absolute Gasteiger partial charge is 0.401 e. The van der Waals surface area contributed by atoms with Gasteiger partial charge in [-0.05, 0) is 12.8 Å². The average Bonchev–Trinajstić information content (AvgIpc) is 1.97. The summed E-state index contributed by atoms with van der Waals surface area (Å²) in [7, 11) is 0. The van der Waals surface area contributed by atoms with Crippen LogP contribution in [0, 0.1) is 5.92 Å². The van der Waals surface area contributed by atoms with Gasteiger partial charge in [-0.3, -0.25) is 0 Å². The third-order valence-corrected chi connectivity index (χ3v) is 2.12. The first-order valence-electron chi connectivity index (χ1n) is 4.17. The zero-order valence-corrected chi connectivity index (χ0v) is 7.70. The Bertz CT molecular complexity index is 122. The van der Waals surface area contributed by atoms with Gasteiger partial charge in [0.05, 0.1) is 6.54 Å². The van der Waals surface area contributed by atoms with Crippen molar-refractivity contribution in [3.8, 4) is 0 Å². The summed E-state index contributed by atoms with van der Waals surface area (Å²) in [4.78, 5) is 0. The fourth-order valence-electron chi connectivity index (χ4n) is 0.831. The van der Waals surface area contributed by atoms with Crippen molar-refractivity contribution < 1.29 is 13.2 Å². The van der Waals surface area contributed by atoms with Crippen molar-refractivity contribution in [2.24, 2.45) is 5.92 Å². The molecule has 0 aliphatic carbocycles. The minimum Gasteiger partial charge on any atom is -0.306 e. The second-order valence-corrected chi connectivity index (χ2v) is 3.17. The van der Waals surface area contributed by atoms with Gasteiger partial charge in [-0.25, -0.2) is 0 Å². The first-order chi connectivity index (χ1) is 5.37. The van der Waals surface area contributed by atoms with E-state index in [1.165, 1.54) is 0 Å². The molecule has 0 spiro atoms. The van der Waals surface area contributed by atoms with Crippen molar-refractivity contribution >= 4 is 0 Å². The topological polar surface area (TPSA) is 12.0 Å². The molecule has 2 atom stereocenters. The molecule has 0 radical (unpaired) electrons. The van der Waals surface area contributed by atoms with Gasteiger partial charge in [-0.15, -0.1) is 0 Å². The zero-order valence-electron chi connectivity index (χ0n) is 7.70. The Morgan fingerprint density at radius 2 is 1.75 bits per heavy atom. The highest BCUT2D eigenvalue weighted by atomic mass is 19.4. The molecule has 0 aliphatic heterocycles. The summed E-state index contributed by atoms with van der Waals surface area (Å²) in [5.41, 5.74) is 0. The number of rotatable bonds is 4. The Balaban J connectivity index is 3.64. The van der Waals surface area contributed by atoms with E-state index in [9.17, 15) is 13.2 Å². The fourth-order valence-corrected chi connectivity index (χ4v) is 0.831. The van der Waals surface area contributed by atoms with Crippen molar-refractivity contribution in [2.45, 2.75) is 39.4 Å². The number of nitrogens with one attached hydrogen (secondary N) is 1. The second-order valence-electron chi connectivity index (χ2n) is 3.17. The first-order valence-corrected chi connectivity index (χ1v) is 4.17. The van der Waals surface area contributed by atoms with Crippen LogP contribution in [0.25, 0.3) is 0 Å². The van der Waals surface area contributed by atoms with Crippen molar-refractivity contribution in [3.63, 3.8) is 0 Å². The molecule has 0 aliphatic rings. The van der Waals surface area contributed by atoms with Crippen LogP contribution in [0.3, 0.4) is 0 Å². The third kappa shape index (κ3) is 5.41. The molecule has 0 saturated carbocycles. The quantitative estimate of drug-likeness (QED) is 0.706. The molecule has 0 bridgehead atoms. The van der Waals surface area contributed by atoms with E-state index in [0.29, 0.717) is 0 Å². The molecule has 0 aromatic carbocycles. The summed E-state index contributed by atoms with van der Waals surface area (Å²) >= 11 is 0. The molecular formula is C8H16F3N.